The molecule has 0 unspecified atom stereocenters. The number of carbonyl (C=O) groups is 1. The fourth-order valence-electron chi connectivity index (χ4n) is 4.70. The predicted octanol–water partition coefficient (Wildman–Crippen LogP) is 6.33. The van der Waals surface area contributed by atoms with Gasteiger partial charge in [-0.05, 0) is 59.4 Å². The van der Waals surface area contributed by atoms with Crippen molar-refractivity contribution in [3.63, 3.8) is 0 Å². The Morgan fingerprint density at radius 1 is 1.03 bits per heavy atom. The fourth-order valence-corrected chi connectivity index (χ4v) is 6.05. The highest BCUT2D eigenvalue weighted by Gasteiger charge is 2.36. The van der Waals surface area contributed by atoms with Gasteiger partial charge in [-0.1, -0.05) is 63.2 Å². The molecule has 1 amide bonds. The second kappa shape index (κ2) is 8.28. The molecule has 0 saturated carbocycles. The molecular weight excluding hydrogens is 416 g/mol. The quantitative estimate of drug-likeness (QED) is 0.492. The molecule has 0 saturated heterocycles. The van der Waals surface area contributed by atoms with Crippen LogP contribution < -0.4 is 15.4 Å². The Hall–Kier alpha value is -2.79. The zero-order valence-corrected chi connectivity index (χ0v) is 19.7. The standard InChI is InChI=1S/C27H30N2O2S/c1-27(2,3)19-11-14-21-22(15-19)32-26-23(21)25(30)28-24(29-26)18-9-12-20(13-10-18)31-16-17-7-5-4-6-8-17/h4-10,12-13,19,24,29H,11,14-16H2,1-3H3,(H,28,30)/t19-,24+/m0/s1. The van der Waals surface area contributed by atoms with E-state index in [9.17, 15) is 4.79 Å². The average molecular weight is 447 g/mol. The van der Waals surface area contributed by atoms with Crippen LogP contribution in [0.3, 0.4) is 0 Å². The monoisotopic (exact) mass is 446 g/mol. The number of nitrogens with one attached hydrogen (secondary N) is 2. The minimum Gasteiger partial charge on any atom is -0.489 e. The van der Waals surface area contributed by atoms with E-state index in [2.05, 4.69) is 43.5 Å². The van der Waals surface area contributed by atoms with Gasteiger partial charge in [0.1, 0.15) is 23.5 Å². The van der Waals surface area contributed by atoms with Gasteiger partial charge >= 0.3 is 0 Å². The molecule has 2 heterocycles. The van der Waals surface area contributed by atoms with Gasteiger partial charge in [-0.15, -0.1) is 11.3 Å². The van der Waals surface area contributed by atoms with Crippen molar-refractivity contribution in [3.05, 3.63) is 81.7 Å². The Morgan fingerprint density at radius 3 is 2.50 bits per heavy atom. The molecule has 0 spiro atoms. The Kier molecular flexibility index (Phi) is 5.46. The maximum Gasteiger partial charge on any atom is 0.256 e. The highest BCUT2D eigenvalue weighted by Crippen LogP contribution is 2.46. The number of fused-ring (bicyclic) bond motifs is 3. The van der Waals surface area contributed by atoms with Gasteiger partial charge in [-0.2, -0.15) is 0 Å². The SMILES string of the molecule is CC(C)(C)[C@H]1CCc2c(sc3c2C(=O)N[C@@H](c2ccc(OCc4ccccc4)cc2)N3)C1. The number of hydrogen-bond donors (Lipinski definition) is 2. The lowest BCUT2D eigenvalue weighted by atomic mass is 9.72. The minimum absolute atomic E-state index is 0.0415. The molecule has 1 aromatic heterocycles. The summed E-state index contributed by atoms with van der Waals surface area (Å²) in [5.74, 6) is 1.53. The van der Waals surface area contributed by atoms with Crippen LogP contribution in [0.4, 0.5) is 5.00 Å². The molecule has 2 N–H and O–H groups in total. The van der Waals surface area contributed by atoms with Crippen molar-refractivity contribution in [1.29, 1.82) is 0 Å². The lowest BCUT2D eigenvalue weighted by molar-refractivity contribution is 0.0935. The largest absolute Gasteiger partial charge is 0.489 e. The zero-order valence-electron chi connectivity index (χ0n) is 18.9. The first-order valence-electron chi connectivity index (χ1n) is 11.4. The molecule has 1 aliphatic heterocycles. The lowest BCUT2D eigenvalue weighted by Gasteiger charge is -2.34. The molecule has 2 aromatic carbocycles. The van der Waals surface area contributed by atoms with E-state index in [1.54, 1.807) is 11.3 Å². The van der Waals surface area contributed by atoms with Crippen molar-refractivity contribution in [2.24, 2.45) is 11.3 Å². The van der Waals surface area contributed by atoms with Gasteiger partial charge in [0, 0.05) is 4.88 Å². The fraction of sp³-hybridized carbons (Fsp3) is 0.370. The highest BCUT2D eigenvalue weighted by molar-refractivity contribution is 7.16. The third-order valence-electron chi connectivity index (χ3n) is 6.73. The summed E-state index contributed by atoms with van der Waals surface area (Å²) in [6.45, 7) is 7.51. The summed E-state index contributed by atoms with van der Waals surface area (Å²) in [7, 11) is 0. The van der Waals surface area contributed by atoms with E-state index in [1.165, 1.54) is 10.4 Å². The van der Waals surface area contributed by atoms with Crippen LogP contribution in [-0.4, -0.2) is 5.91 Å². The molecule has 5 heteroatoms. The number of amides is 1. The van der Waals surface area contributed by atoms with Crippen molar-refractivity contribution in [2.75, 3.05) is 5.32 Å². The molecular formula is C27H30N2O2S. The van der Waals surface area contributed by atoms with Gasteiger partial charge in [-0.25, -0.2) is 0 Å². The molecule has 1 aliphatic carbocycles. The Morgan fingerprint density at radius 2 is 1.78 bits per heavy atom. The predicted molar refractivity (Wildman–Crippen MR) is 130 cm³/mol. The van der Waals surface area contributed by atoms with Crippen LogP contribution in [0, 0.1) is 11.3 Å². The lowest BCUT2D eigenvalue weighted by Crippen LogP contribution is -2.38. The molecule has 4 nitrogen and oxygen atoms in total. The molecule has 32 heavy (non-hydrogen) atoms. The van der Waals surface area contributed by atoms with Crippen LogP contribution in [0.5, 0.6) is 5.75 Å². The normalized spacial score (nSPS) is 20.0. The van der Waals surface area contributed by atoms with E-state index in [0.717, 1.165) is 46.7 Å². The number of ether oxygens (including phenoxy) is 1. The Labute approximate surface area is 194 Å². The number of benzene rings is 2. The van der Waals surface area contributed by atoms with Crippen LogP contribution in [-0.2, 0) is 19.4 Å². The number of hydrogen-bond acceptors (Lipinski definition) is 4. The highest BCUT2D eigenvalue weighted by atomic mass is 32.1. The van der Waals surface area contributed by atoms with Crippen molar-refractivity contribution in [3.8, 4) is 5.75 Å². The van der Waals surface area contributed by atoms with Crippen LogP contribution >= 0.6 is 11.3 Å². The maximum absolute atomic E-state index is 13.0. The molecule has 0 bridgehead atoms. The van der Waals surface area contributed by atoms with E-state index in [0.29, 0.717) is 17.9 Å². The van der Waals surface area contributed by atoms with Gasteiger partial charge < -0.3 is 15.4 Å². The van der Waals surface area contributed by atoms with Crippen molar-refractivity contribution < 1.29 is 9.53 Å². The minimum atomic E-state index is -0.225. The van der Waals surface area contributed by atoms with E-state index in [1.807, 2.05) is 42.5 Å². The van der Waals surface area contributed by atoms with Gasteiger partial charge in [0.25, 0.3) is 5.91 Å². The average Bonchev–Trinajstić information content (AvgIpc) is 3.16. The molecule has 5 rings (SSSR count). The second-order valence-electron chi connectivity index (χ2n) is 9.91. The van der Waals surface area contributed by atoms with Crippen molar-refractivity contribution in [1.82, 2.24) is 5.32 Å². The summed E-state index contributed by atoms with van der Waals surface area (Å²) < 4.78 is 5.90. The number of rotatable bonds is 4. The first-order valence-corrected chi connectivity index (χ1v) is 12.2. The number of thiophene rings is 1. The first-order chi connectivity index (χ1) is 15.4. The molecule has 2 aliphatic rings. The van der Waals surface area contributed by atoms with E-state index in [-0.39, 0.29) is 12.1 Å². The number of carbonyl (C=O) groups excluding carboxylic acids is 1. The summed E-state index contributed by atoms with van der Waals surface area (Å²) >= 11 is 1.77. The van der Waals surface area contributed by atoms with Crippen molar-refractivity contribution >= 4 is 22.2 Å². The smallest absolute Gasteiger partial charge is 0.256 e. The third kappa shape index (κ3) is 4.14. The summed E-state index contributed by atoms with van der Waals surface area (Å²) in [5, 5.41) is 7.75. The topological polar surface area (TPSA) is 50.4 Å². The van der Waals surface area contributed by atoms with Gasteiger partial charge in [-0.3, -0.25) is 4.79 Å². The molecule has 2 atom stereocenters. The molecule has 0 radical (unpaired) electrons. The van der Waals surface area contributed by atoms with Crippen LogP contribution in [0.25, 0.3) is 0 Å². The Bertz CT molecular complexity index is 1110. The zero-order chi connectivity index (χ0) is 22.3. The van der Waals surface area contributed by atoms with E-state index < -0.39 is 0 Å². The molecule has 166 valence electrons. The Balaban J connectivity index is 1.30. The maximum atomic E-state index is 13.0. The van der Waals surface area contributed by atoms with E-state index >= 15 is 0 Å². The second-order valence-corrected chi connectivity index (χ2v) is 11.0. The van der Waals surface area contributed by atoms with Crippen LogP contribution in [0.2, 0.25) is 0 Å². The summed E-state index contributed by atoms with van der Waals surface area (Å²) in [5.41, 5.74) is 4.59. The third-order valence-corrected chi connectivity index (χ3v) is 7.92. The van der Waals surface area contributed by atoms with Crippen LogP contribution in [0.1, 0.15) is 65.3 Å². The molecule has 3 aromatic rings. The number of anilines is 1. The summed E-state index contributed by atoms with van der Waals surface area (Å²) in [4.78, 5) is 14.4. The van der Waals surface area contributed by atoms with E-state index in [4.69, 9.17) is 4.74 Å². The summed E-state index contributed by atoms with van der Waals surface area (Å²) in [6.07, 6.45) is 3.00. The van der Waals surface area contributed by atoms with Gasteiger partial charge in [0.15, 0.2) is 0 Å². The first kappa shape index (κ1) is 21.1. The molecule has 0 fully saturated rings. The van der Waals surface area contributed by atoms with Gasteiger partial charge in [0.05, 0.1) is 5.56 Å². The van der Waals surface area contributed by atoms with Gasteiger partial charge in [0.2, 0.25) is 0 Å². The van der Waals surface area contributed by atoms with Crippen molar-refractivity contribution in [2.45, 2.75) is 52.8 Å². The van der Waals surface area contributed by atoms with Crippen LogP contribution in [0.15, 0.2) is 54.6 Å². The summed E-state index contributed by atoms with van der Waals surface area (Å²) in [6, 6.07) is 18.1.